The van der Waals surface area contributed by atoms with E-state index >= 15 is 0 Å². The van der Waals surface area contributed by atoms with Gasteiger partial charge in [0.15, 0.2) is 0 Å². The molecule has 0 radical (unpaired) electrons. The maximum atomic E-state index is 12.0. The summed E-state index contributed by atoms with van der Waals surface area (Å²) in [5, 5.41) is 11.5. The number of nitrogens with zero attached hydrogens (tertiary/aromatic N) is 1. The Kier molecular flexibility index (Phi) is 4.63. The molecular weight excluding hydrogens is 270 g/mol. The van der Waals surface area contributed by atoms with Crippen LogP contribution in [0.5, 0.6) is 0 Å². The monoisotopic (exact) mass is 285 g/mol. The summed E-state index contributed by atoms with van der Waals surface area (Å²) in [6.45, 7) is 0.125. The Morgan fingerprint density at radius 1 is 1.24 bits per heavy atom. The van der Waals surface area contributed by atoms with E-state index in [2.05, 4.69) is 10.3 Å². The van der Waals surface area contributed by atoms with Gasteiger partial charge in [-0.3, -0.25) is 9.78 Å². The number of carbonyl (C=O) groups excluding carboxylic acids is 1. The summed E-state index contributed by atoms with van der Waals surface area (Å²) in [4.78, 5) is 26.8. The zero-order valence-electron chi connectivity index (χ0n) is 11.2. The van der Waals surface area contributed by atoms with Crippen molar-refractivity contribution >= 4 is 11.9 Å². The lowest BCUT2D eigenvalue weighted by atomic mass is 10.1. The summed E-state index contributed by atoms with van der Waals surface area (Å²) >= 11 is 0. The molecule has 1 aromatic heterocycles. The molecular formula is C15H15N3O3. The molecule has 0 saturated heterocycles. The van der Waals surface area contributed by atoms with Gasteiger partial charge < -0.3 is 16.2 Å². The Labute approximate surface area is 121 Å². The van der Waals surface area contributed by atoms with Crippen LogP contribution >= 0.6 is 0 Å². The van der Waals surface area contributed by atoms with Crippen molar-refractivity contribution in [3.05, 3.63) is 65.5 Å². The van der Waals surface area contributed by atoms with E-state index in [1.54, 1.807) is 24.3 Å². The van der Waals surface area contributed by atoms with Gasteiger partial charge in [0, 0.05) is 6.20 Å². The van der Waals surface area contributed by atoms with Crippen molar-refractivity contribution in [3.63, 3.8) is 0 Å². The lowest BCUT2D eigenvalue weighted by Crippen LogP contribution is -2.33. The number of aromatic nitrogens is 1. The van der Waals surface area contributed by atoms with E-state index in [0.717, 1.165) is 0 Å². The van der Waals surface area contributed by atoms with Crippen LogP contribution in [-0.4, -0.2) is 22.0 Å². The van der Waals surface area contributed by atoms with Crippen LogP contribution in [0.1, 0.15) is 27.7 Å². The van der Waals surface area contributed by atoms with Gasteiger partial charge in [-0.05, 0) is 17.7 Å². The number of amides is 1. The minimum atomic E-state index is -1.04. The van der Waals surface area contributed by atoms with Gasteiger partial charge in [-0.25, -0.2) is 4.79 Å². The van der Waals surface area contributed by atoms with Crippen molar-refractivity contribution in [2.45, 2.75) is 12.6 Å². The number of nitrogens with two attached hydrogens (primary N) is 1. The molecule has 0 aliphatic rings. The lowest BCUT2D eigenvalue weighted by Gasteiger charge is -2.12. The predicted octanol–water partition coefficient (Wildman–Crippen LogP) is 1.10. The quantitative estimate of drug-likeness (QED) is 0.762. The topological polar surface area (TPSA) is 105 Å². The number of benzene rings is 1. The fourth-order valence-corrected chi connectivity index (χ4v) is 1.81. The van der Waals surface area contributed by atoms with Crippen LogP contribution in [0.25, 0.3) is 0 Å². The molecule has 108 valence electrons. The first-order chi connectivity index (χ1) is 10.1. The highest BCUT2D eigenvalue weighted by Gasteiger charge is 2.15. The first-order valence-corrected chi connectivity index (χ1v) is 6.34. The molecule has 0 aliphatic carbocycles. The Bertz CT molecular complexity index is 644. The Hall–Kier alpha value is -2.73. The average Bonchev–Trinajstić information content (AvgIpc) is 2.53. The Morgan fingerprint density at radius 2 is 1.95 bits per heavy atom. The van der Waals surface area contributed by atoms with Gasteiger partial charge in [0.1, 0.15) is 6.04 Å². The van der Waals surface area contributed by atoms with Crippen LogP contribution in [0.2, 0.25) is 0 Å². The third-order valence-corrected chi connectivity index (χ3v) is 2.95. The van der Waals surface area contributed by atoms with E-state index in [0.29, 0.717) is 11.3 Å². The molecule has 1 atom stereocenters. The van der Waals surface area contributed by atoms with Gasteiger partial charge in [-0.1, -0.05) is 30.3 Å². The number of hydrogen-bond acceptors (Lipinski definition) is 4. The number of aromatic carboxylic acids is 1. The van der Waals surface area contributed by atoms with Gasteiger partial charge in [-0.15, -0.1) is 0 Å². The largest absolute Gasteiger partial charge is 0.478 e. The molecule has 0 spiro atoms. The van der Waals surface area contributed by atoms with Crippen molar-refractivity contribution in [2.24, 2.45) is 5.73 Å². The predicted molar refractivity (Wildman–Crippen MR) is 76.4 cm³/mol. The molecule has 0 unspecified atom stereocenters. The highest BCUT2D eigenvalue weighted by atomic mass is 16.4. The Balaban J connectivity index is 1.98. The minimum Gasteiger partial charge on any atom is -0.478 e. The highest BCUT2D eigenvalue weighted by molar-refractivity contribution is 5.87. The molecule has 6 heteroatoms. The van der Waals surface area contributed by atoms with Crippen LogP contribution in [0, 0.1) is 0 Å². The maximum Gasteiger partial charge on any atom is 0.335 e. The summed E-state index contributed by atoms with van der Waals surface area (Å²) in [6.07, 6.45) is 1.39. The number of carboxylic acid groups (broad SMARTS) is 1. The van der Waals surface area contributed by atoms with Crippen LogP contribution < -0.4 is 11.1 Å². The van der Waals surface area contributed by atoms with Crippen molar-refractivity contribution < 1.29 is 14.7 Å². The van der Waals surface area contributed by atoms with E-state index < -0.39 is 12.0 Å². The summed E-state index contributed by atoms with van der Waals surface area (Å²) in [5.74, 6) is -1.38. The number of rotatable bonds is 5. The van der Waals surface area contributed by atoms with E-state index in [-0.39, 0.29) is 18.0 Å². The van der Waals surface area contributed by atoms with Crippen molar-refractivity contribution in [2.75, 3.05) is 0 Å². The minimum absolute atomic E-state index is 0.125. The van der Waals surface area contributed by atoms with E-state index in [1.165, 1.54) is 18.3 Å². The normalized spacial score (nSPS) is 11.7. The number of pyridine rings is 1. The second-order valence-corrected chi connectivity index (χ2v) is 4.45. The molecule has 1 heterocycles. The summed E-state index contributed by atoms with van der Waals surface area (Å²) in [6, 6.07) is 11.0. The lowest BCUT2D eigenvalue weighted by molar-refractivity contribution is -0.122. The average molecular weight is 285 g/mol. The first kappa shape index (κ1) is 14.7. The second kappa shape index (κ2) is 6.62. The number of carboxylic acids is 1. The zero-order valence-corrected chi connectivity index (χ0v) is 11.2. The van der Waals surface area contributed by atoms with Crippen LogP contribution in [-0.2, 0) is 11.3 Å². The fourth-order valence-electron chi connectivity index (χ4n) is 1.81. The van der Waals surface area contributed by atoms with Crippen molar-refractivity contribution in [1.29, 1.82) is 0 Å². The zero-order chi connectivity index (χ0) is 15.2. The van der Waals surface area contributed by atoms with Gasteiger partial charge in [0.2, 0.25) is 5.91 Å². The summed E-state index contributed by atoms with van der Waals surface area (Å²) < 4.78 is 0. The van der Waals surface area contributed by atoms with E-state index in [1.807, 2.05) is 6.07 Å². The molecule has 4 N–H and O–H groups in total. The Morgan fingerprint density at radius 3 is 2.62 bits per heavy atom. The van der Waals surface area contributed by atoms with Crippen molar-refractivity contribution in [3.8, 4) is 0 Å². The smallest absolute Gasteiger partial charge is 0.335 e. The van der Waals surface area contributed by atoms with Crippen LogP contribution in [0.3, 0.4) is 0 Å². The van der Waals surface area contributed by atoms with E-state index in [4.69, 9.17) is 10.8 Å². The molecule has 21 heavy (non-hydrogen) atoms. The van der Waals surface area contributed by atoms with Gasteiger partial charge in [0.25, 0.3) is 0 Å². The molecule has 2 aromatic rings. The summed E-state index contributed by atoms with van der Waals surface area (Å²) in [5.41, 5.74) is 7.15. The molecule has 0 aliphatic heterocycles. The van der Waals surface area contributed by atoms with Gasteiger partial charge in [-0.2, -0.15) is 0 Å². The van der Waals surface area contributed by atoms with Gasteiger partial charge in [0.05, 0.1) is 17.8 Å². The number of carbonyl (C=O) groups is 2. The molecule has 1 amide bonds. The van der Waals surface area contributed by atoms with Crippen LogP contribution in [0.4, 0.5) is 0 Å². The third-order valence-electron chi connectivity index (χ3n) is 2.95. The number of nitrogens with one attached hydrogen (secondary N) is 1. The summed E-state index contributed by atoms with van der Waals surface area (Å²) in [7, 11) is 0. The SMILES string of the molecule is N[C@H](C(=O)NCc1cc(C(=O)O)ccn1)c1ccccc1. The van der Waals surface area contributed by atoms with Gasteiger partial charge >= 0.3 is 5.97 Å². The second-order valence-electron chi connectivity index (χ2n) is 4.45. The first-order valence-electron chi connectivity index (χ1n) is 6.34. The maximum absolute atomic E-state index is 12.0. The third kappa shape index (κ3) is 3.87. The molecule has 6 nitrogen and oxygen atoms in total. The molecule has 1 aromatic carbocycles. The number of hydrogen-bond donors (Lipinski definition) is 3. The van der Waals surface area contributed by atoms with Crippen LogP contribution in [0.15, 0.2) is 48.7 Å². The molecule has 0 saturated carbocycles. The fraction of sp³-hybridized carbons (Fsp3) is 0.133. The standard InChI is InChI=1S/C15H15N3O3/c16-13(10-4-2-1-3-5-10)14(19)18-9-12-8-11(15(20)21)6-7-17-12/h1-8,13H,9,16H2,(H,18,19)(H,20,21)/t13-/m0/s1. The molecule has 0 fully saturated rings. The van der Waals surface area contributed by atoms with E-state index in [9.17, 15) is 9.59 Å². The van der Waals surface area contributed by atoms with Crippen molar-refractivity contribution in [1.82, 2.24) is 10.3 Å². The molecule has 2 rings (SSSR count). The highest BCUT2D eigenvalue weighted by Crippen LogP contribution is 2.09. The molecule has 0 bridgehead atoms.